The second-order valence-corrected chi connectivity index (χ2v) is 6.48. The lowest BCUT2D eigenvalue weighted by atomic mass is 9.98. The van der Waals surface area contributed by atoms with Crippen molar-refractivity contribution >= 4 is 28.6 Å². The monoisotopic (exact) mass is 364 g/mol. The van der Waals surface area contributed by atoms with Crippen LogP contribution in [0.2, 0.25) is 0 Å². The molecule has 136 valence electrons. The number of fused-ring (bicyclic) bond motifs is 1. The molecule has 0 spiro atoms. The Bertz CT molecular complexity index is 1070. The van der Waals surface area contributed by atoms with Gasteiger partial charge in [0.2, 0.25) is 0 Å². The highest BCUT2D eigenvalue weighted by Gasteiger charge is 2.25. The van der Waals surface area contributed by atoms with E-state index in [1.54, 1.807) is 11.0 Å². The zero-order valence-corrected chi connectivity index (χ0v) is 15.5. The minimum Gasteiger partial charge on any atom is -0.302 e. The van der Waals surface area contributed by atoms with Crippen molar-refractivity contribution in [3.63, 3.8) is 0 Å². The summed E-state index contributed by atoms with van der Waals surface area (Å²) in [6, 6.07) is 27.4. The van der Waals surface area contributed by atoms with Crippen LogP contribution in [0, 0.1) is 0 Å². The number of carbonyl (C=O) groups is 1. The summed E-state index contributed by atoms with van der Waals surface area (Å²) in [5.74, 6) is -0.0677. The van der Waals surface area contributed by atoms with Crippen molar-refractivity contribution in [1.29, 1.82) is 0 Å². The lowest BCUT2D eigenvalue weighted by molar-refractivity contribution is -0.113. The highest BCUT2D eigenvalue weighted by Crippen LogP contribution is 2.34. The Hall–Kier alpha value is -3.72. The SMILES string of the molecule is C=CCN1C(=O)/C(c2ccccc2)=C\C(c2ccccc2)=Nc2ccccc21. The van der Waals surface area contributed by atoms with Crippen molar-refractivity contribution in [2.24, 2.45) is 4.99 Å². The smallest absolute Gasteiger partial charge is 0.259 e. The van der Waals surface area contributed by atoms with E-state index in [2.05, 4.69) is 6.58 Å². The van der Waals surface area contributed by atoms with Gasteiger partial charge in [-0.25, -0.2) is 4.99 Å². The van der Waals surface area contributed by atoms with Crippen molar-refractivity contribution in [1.82, 2.24) is 0 Å². The molecule has 1 amide bonds. The van der Waals surface area contributed by atoms with E-state index in [1.165, 1.54) is 0 Å². The summed E-state index contributed by atoms with van der Waals surface area (Å²) in [6.07, 6.45) is 3.62. The van der Waals surface area contributed by atoms with E-state index in [0.29, 0.717) is 12.1 Å². The minimum atomic E-state index is -0.0677. The number of carbonyl (C=O) groups excluding carboxylic acids is 1. The van der Waals surface area contributed by atoms with Gasteiger partial charge in [-0.2, -0.15) is 0 Å². The maximum atomic E-state index is 13.6. The summed E-state index contributed by atoms with van der Waals surface area (Å²) >= 11 is 0. The molecule has 3 aromatic carbocycles. The Balaban J connectivity index is 1.98. The first-order chi connectivity index (χ1) is 13.8. The molecular weight excluding hydrogens is 344 g/mol. The number of hydrogen-bond donors (Lipinski definition) is 0. The molecule has 0 aromatic heterocycles. The van der Waals surface area contributed by atoms with Crippen molar-refractivity contribution in [2.45, 2.75) is 0 Å². The van der Waals surface area contributed by atoms with Gasteiger partial charge in [-0.1, -0.05) is 78.9 Å². The molecule has 0 fully saturated rings. The molecule has 0 aliphatic carbocycles. The zero-order valence-electron chi connectivity index (χ0n) is 15.5. The summed E-state index contributed by atoms with van der Waals surface area (Å²) in [6.45, 7) is 4.24. The molecule has 0 unspecified atom stereocenters. The van der Waals surface area contributed by atoms with Gasteiger partial charge in [-0.05, 0) is 23.8 Å². The van der Waals surface area contributed by atoms with Gasteiger partial charge in [-0.15, -0.1) is 6.58 Å². The van der Waals surface area contributed by atoms with Crippen LogP contribution in [-0.2, 0) is 4.79 Å². The number of benzene rings is 3. The van der Waals surface area contributed by atoms with E-state index in [9.17, 15) is 4.79 Å². The van der Waals surface area contributed by atoms with E-state index in [0.717, 1.165) is 28.2 Å². The van der Waals surface area contributed by atoms with E-state index < -0.39 is 0 Å². The van der Waals surface area contributed by atoms with Crippen LogP contribution < -0.4 is 4.90 Å². The molecule has 0 radical (unpaired) electrons. The molecule has 0 bridgehead atoms. The third-order valence-electron chi connectivity index (χ3n) is 4.64. The third-order valence-corrected chi connectivity index (χ3v) is 4.64. The average Bonchev–Trinajstić information content (AvgIpc) is 2.75. The Morgan fingerprint density at radius 3 is 2.11 bits per heavy atom. The predicted molar refractivity (Wildman–Crippen MR) is 116 cm³/mol. The minimum absolute atomic E-state index is 0.0677. The third kappa shape index (κ3) is 3.42. The van der Waals surface area contributed by atoms with Crippen LogP contribution in [0.4, 0.5) is 11.4 Å². The number of hydrogen-bond acceptors (Lipinski definition) is 2. The summed E-state index contributed by atoms with van der Waals surface area (Å²) in [7, 11) is 0. The summed E-state index contributed by atoms with van der Waals surface area (Å²) in [4.78, 5) is 20.2. The molecule has 3 heteroatoms. The van der Waals surface area contributed by atoms with Gasteiger partial charge in [0.05, 0.1) is 17.1 Å². The fourth-order valence-corrected chi connectivity index (χ4v) is 3.29. The summed E-state index contributed by atoms with van der Waals surface area (Å²) in [5.41, 5.74) is 4.75. The maximum Gasteiger partial charge on any atom is 0.259 e. The molecule has 0 N–H and O–H groups in total. The maximum absolute atomic E-state index is 13.6. The standard InChI is InChI=1S/C25H20N2O/c1-2-17-27-24-16-10-9-15-22(24)26-23(20-13-7-4-8-14-20)18-21(25(27)28)19-11-5-3-6-12-19/h2-16,18H,1,17H2/b21-18-,26-23?. The molecule has 0 saturated heterocycles. The van der Waals surface area contributed by atoms with Crippen molar-refractivity contribution in [3.8, 4) is 0 Å². The van der Waals surface area contributed by atoms with Crippen LogP contribution in [0.25, 0.3) is 5.57 Å². The molecule has 0 saturated carbocycles. The Morgan fingerprint density at radius 2 is 1.43 bits per heavy atom. The second kappa shape index (κ2) is 7.89. The Kier molecular flexibility index (Phi) is 4.98. The van der Waals surface area contributed by atoms with Crippen molar-refractivity contribution in [3.05, 3.63) is 115 Å². The first kappa shape index (κ1) is 17.7. The highest BCUT2D eigenvalue weighted by atomic mass is 16.2. The lowest BCUT2D eigenvalue weighted by Crippen LogP contribution is -2.32. The second-order valence-electron chi connectivity index (χ2n) is 6.48. The Labute approximate surface area is 165 Å². The average molecular weight is 364 g/mol. The molecule has 1 aliphatic rings. The number of amides is 1. The van der Waals surface area contributed by atoms with Gasteiger partial charge in [0.15, 0.2) is 0 Å². The van der Waals surface area contributed by atoms with Crippen LogP contribution in [0.5, 0.6) is 0 Å². The van der Waals surface area contributed by atoms with Crippen LogP contribution in [-0.4, -0.2) is 18.2 Å². The first-order valence-electron chi connectivity index (χ1n) is 9.21. The predicted octanol–water partition coefficient (Wildman–Crippen LogP) is 5.42. The van der Waals surface area contributed by atoms with Crippen LogP contribution in [0.1, 0.15) is 11.1 Å². The van der Waals surface area contributed by atoms with E-state index >= 15 is 0 Å². The fourth-order valence-electron chi connectivity index (χ4n) is 3.29. The number of anilines is 1. The number of rotatable bonds is 4. The topological polar surface area (TPSA) is 32.7 Å². The first-order valence-corrected chi connectivity index (χ1v) is 9.21. The molecule has 3 nitrogen and oxygen atoms in total. The summed E-state index contributed by atoms with van der Waals surface area (Å²) in [5, 5.41) is 0. The van der Waals surface area contributed by atoms with Crippen molar-refractivity contribution in [2.75, 3.05) is 11.4 Å². The molecule has 0 atom stereocenters. The van der Waals surface area contributed by atoms with Gasteiger partial charge < -0.3 is 4.90 Å². The number of para-hydroxylation sites is 2. The zero-order chi connectivity index (χ0) is 19.3. The fraction of sp³-hybridized carbons (Fsp3) is 0.0400. The van der Waals surface area contributed by atoms with Gasteiger partial charge >= 0.3 is 0 Å². The highest BCUT2D eigenvalue weighted by molar-refractivity contribution is 6.32. The Morgan fingerprint density at radius 1 is 0.821 bits per heavy atom. The van der Waals surface area contributed by atoms with Gasteiger partial charge in [0, 0.05) is 17.7 Å². The molecule has 3 aromatic rings. The van der Waals surface area contributed by atoms with E-state index in [-0.39, 0.29) is 5.91 Å². The van der Waals surface area contributed by atoms with Crippen LogP contribution in [0.15, 0.2) is 109 Å². The normalized spacial score (nSPS) is 15.6. The van der Waals surface area contributed by atoms with Crippen molar-refractivity contribution < 1.29 is 4.79 Å². The molecule has 4 rings (SSSR count). The molecule has 1 aliphatic heterocycles. The number of allylic oxidation sites excluding steroid dienone is 1. The van der Waals surface area contributed by atoms with E-state index in [1.807, 2.05) is 91.0 Å². The van der Waals surface area contributed by atoms with Gasteiger partial charge in [0.25, 0.3) is 5.91 Å². The number of aliphatic imine (C=N–C) groups is 1. The largest absolute Gasteiger partial charge is 0.302 e. The van der Waals surface area contributed by atoms with E-state index in [4.69, 9.17) is 4.99 Å². The molecule has 28 heavy (non-hydrogen) atoms. The lowest BCUT2D eigenvalue weighted by Gasteiger charge is -2.26. The van der Waals surface area contributed by atoms with Gasteiger partial charge in [0.1, 0.15) is 0 Å². The summed E-state index contributed by atoms with van der Waals surface area (Å²) < 4.78 is 0. The molecular formula is C25H20N2O. The van der Waals surface area contributed by atoms with Crippen LogP contribution in [0.3, 0.4) is 0 Å². The number of nitrogens with zero attached hydrogens (tertiary/aromatic N) is 2. The van der Waals surface area contributed by atoms with Gasteiger partial charge in [-0.3, -0.25) is 4.79 Å². The quantitative estimate of drug-likeness (QED) is 0.569. The molecule has 1 heterocycles. The van der Waals surface area contributed by atoms with Crippen LogP contribution >= 0.6 is 0 Å².